The fourth-order valence-electron chi connectivity index (χ4n) is 0.684. The molecule has 0 aromatic rings. The number of hydrogen-bond acceptors (Lipinski definition) is 3. The second-order valence-corrected chi connectivity index (χ2v) is 2.14. The van der Waals surface area contributed by atoms with Crippen LogP contribution in [0.4, 0.5) is 0 Å². The van der Waals surface area contributed by atoms with Gasteiger partial charge in [-0.15, -0.1) is 12.4 Å². The van der Waals surface area contributed by atoms with E-state index in [0.29, 0.717) is 6.42 Å². The van der Waals surface area contributed by atoms with E-state index < -0.39 is 0 Å². The number of unbranched alkanes of at least 4 members (excludes halogenated alkanes) is 2. The van der Waals surface area contributed by atoms with Crippen LogP contribution in [0.15, 0.2) is 0 Å². The molecule has 0 aromatic heterocycles. The van der Waals surface area contributed by atoms with Crippen molar-refractivity contribution in [2.24, 2.45) is 0 Å². The third-order valence-electron chi connectivity index (χ3n) is 1.20. The molecule has 11 heavy (non-hydrogen) atoms. The van der Waals surface area contributed by atoms with Crippen LogP contribution in [0.1, 0.15) is 32.6 Å². The fourth-order valence-corrected chi connectivity index (χ4v) is 0.684. The van der Waals surface area contributed by atoms with Crippen LogP contribution in [-0.2, 0) is 9.63 Å². The first kappa shape index (κ1) is 13.3. The smallest absolute Gasteiger partial charge is 0.324 e. The average molecular weight is 182 g/mol. The molecule has 0 saturated heterocycles. The van der Waals surface area contributed by atoms with Gasteiger partial charge in [-0.05, 0) is 6.42 Å². The highest BCUT2D eigenvalue weighted by Crippen LogP contribution is 1.98. The molecule has 0 atom stereocenters. The van der Waals surface area contributed by atoms with Crippen LogP contribution in [0.5, 0.6) is 0 Å². The molecule has 0 spiro atoms. The zero-order valence-corrected chi connectivity index (χ0v) is 7.87. The molecule has 4 heteroatoms. The van der Waals surface area contributed by atoms with E-state index >= 15 is 0 Å². The fraction of sp³-hybridized carbons (Fsp3) is 0.857. The van der Waals surface area contributed by atoms with Crippen molar-refractivity contribution in [3.63, 3.8) is 0 Å². The maximum atomic E-state index is 10.6. The van der Waals surface area contributed by atoms with E-state index in [0.717, 1.165) is 19.3 Å². The van der Waals surface area contributed by atoms with Gasteiger partial charge in [0.2, 0.25) is 0 Å². The standard InChI is InChI=1S/C7H15NO2.ClH/c1-3-4-5-6-7(9)10-8-2;/h8H,3-6H2,1-2H3;1H. The van der Waals surface area contributed by atoms with Crippen LogP contribution in [0.3, 0.4) is 0 Å². The van der Waals surface area contributed by atoms with Gasteiger partial charge in [-0.25, -0.2) is 0 Å². The van der Waals surface area contributed by atoms with Crippen molar-refractivity contribution in [2.75, 3.05) is 7.05 Å². The zero-order chi connectivity index (χ0) is 7.82. The molecule has 0 fully saturated rings. The van der Waals surface area contributed by atoms with Crippen LogP contribution in [0.2, 0.25) is 0 Å². The molecule has 1 N–H and O–H groups in total. The summed E-state index contributed by atoms with van der Waals surface area (Å²) in [6.07, 6.45) is 3.68. The number of carbonyl (C=O) groups is 1. The van der Waals surface area contributed by atoms with Crippen molar-refractivity contribution in [3.05, 3.63) is 0 Å². The normalized spacial score (nSPS) is 8.55. The van der Waals surface area contributed by atoms with E-state index in [9.17, 15) is 4.79 Å². The number of halogens is 1. The summed E-state index contributed by atoms with van der Waals surface area (Å²) in [4.78, 5) is 15.1. The monoisotopic (exact) mass is 181 g/mol. The third-order valence-corrected chi connectivity index (χ3v) is 1.20. The summed E-state index contributed by atoms with van der Waals surface area (Å²) in [5.74, 6) is -0.170. The Bertz CT molecular complexity index is 98.4. The predicted molar refractivity (Wildman–Crippen MR) is 46.5 cm³/mol. The van der Waals surface area contributed by atoms with Crippen molar-refractivity contribution < 1.29 is 9.63 Å². The largest absolute Gasteiger partial charge is 0.371 e. The van der Waals surface area contributed by atoms with Crippen molar-refractivity contribution in [1.29, 1.82) is 0 Å². The van der Waals surface area contributed by atoms with Gasteiger partial charge in [0.15, 0.2) is 0 Å². The first-order valence-electron chi connectivity index (χ1n) is 3.67. The first-order valence-corrected chi connectivity index (χ1v) is 3.67. The second kappa shape index (κ2) is 9.72. The van der Waals surface area contributed by atoms with E-state index in [4.69, 9.17) is 0 Å². The summed E-state index contributed by atoms with van der Waals surface area (Å²) in [6, 6.07) is 0. The van der Waals surface area contributed by atoms with E-state index in [1.807, 2.05) is 0 Å². The predicted octanol–water partition coefficient (Wildman–Crippen LogP) is 1.67. The van der Waals surface area contributed by atoms with E-state index in [1.165, 1.54) is 0 Å². The Morgan fingerprint density at radius 3 is 2.55 bits per heavy atom. The summed E-state index contributed by atoms with van der Waals surface area (Å²) in [5, 5.41) is 0. The van der Waals surface area contributed by atoms with Crippen molar-refractivity contribution >= 4 is 18.4 Å². The Morgan fingerprint density at radius 1 is 1.45 bits per heavy atom. The lowest BCUT2D eigenvalue weighted by Crippen LogP contribution is -2.14. The van der Waals surface area contributed by atoms with Gasteiger partial charge in [-0.3, -0.25) is 4.79 Å². The van der Waals surface area contributed by atoms with Gasteiger partial charge in [0.05, 0.1) is 0 Å². The number of rotatable bonds is 5. The zero-order valence-electron chi connectivity index (χ0n) is 7.05. The third kappa shape index (κ3) is 9.72. The topological polar surface area (TPSA) is 38.3 Å². The highest BCUT2D eigenvalue weighted by molar-refractivity contribution is 5.85. The lowest BCUT2D eigenvalue weighted by atomic mass is 10.2. The van der Waals surface area contributed by atoms with Gasteiger partial charge < -0.3 is 4.84 Å². The minimum Gasteiger partial charge on any atom is -0.371 e. The summed E-state index contributed by atoms with van der Waals surface area (Å²) in [5.41, 5.74) is 2.34. The SMILES string of the molecule is CCCCCC(=O)ONC.Cl. The lowest BCUT2D eigenvalue weighted by Gasteiger charge is -1.99. The number of nitrogens with one attached hydrogen (secondary N) is 1. The maximum Gasteiger partial charge on any atom is 0.324 e. The Hall–Kier alpha value is -0.280. The van der Waals surface area contributed by atoms with Gasteiger partial charge in [-0.1, -0.05) is 19.8 Å². The van der Waals surface area contributed by atoms with Crippen molar-refractivity contribution in [1.82, 2.24) is 5.48 Å². The van der Waals surface area contributed by atoms with Crippen LogP contribution in [-0.4, -0.2) is 13.0 Å². The molecule has 68 valence electrons. The molecule has 0 rings (SSSR count). The van der Waals surface area contributed by atoms with Crippen LogP contribution in [0.25, 0.3) is 0 Å². The molecule has 0 bridgehead atoms. The van der Waals surface area contributed by atoms with Gasteiger partial charge in [0.25, 0.3) is 0 Å². The van der Waals surface area contributed by atoms with Crippen LogP contribution in [0, 0.1) is 0 Å². The molecule has 0 aliphatic carbocycles. The van der Waals surface area contributed by atoms with Crippen molar-refractivity contribution in [3.8, 4) is 0 Å². The van der Waals surface area contributed by atoms with Crippen LogP contribution < -0.4 is 5.48 Å². The Balaban J connectivity index is 0. The number of hydrogen-bond donors (Lipinski definition) is 1. The number of carbonyl (C=O) groups excluding carboxylic acids is 1. The molecule has 0 heterocycles. The number of hydroxylamine groups is 1. The summed E-state index contributed by atoms with van der Waals surface area (Å²) in [7, 11) is 1.58. The molecule has 0 unspecified atom stereocenters. The molecule has 0 saturated carbocycles. The highest BCUT2D eigenvalue weighted by Gasteiger charge is 1.99. The summed E-state index contributed by atoms with van der Waals surface area (Å²) in [6.45, 7) is 2.10. The average Bonchev–Trinajstić information content (AvgIpc) is 1.89. The minimum atomic E-state index is -0.170. The highest BCUT2D eigenvalue weighted by atomic mass is 35.5. The quantitative estimate of drug-likeness (QED) is 0.518. The minimum absolute atomic E-state index is 0. The second-order valence-electron chi connectivity index (χ2n) is 2.14. The Labute approximate surface area is 73.9 Å². The first-order chi connectivity index (χ1) is 4.81. The molecule has 0 amide bonds. The van der Waals surface area contributed by atoms with E-state index in [-0.39, 0.29) is 18.4 Å². The van der Waals surface area contributed by atoms with Crippen LogP contribution >= 0.6 is 12.4 Å². The van der Waals surface area contributed by atoms with Gasteiger partial charge in [0.1, 0.15) is 0 Å². The molecule has 3 nitrogen and oxygen atoms in total. The molecule has 0 radical (unpaired) electrons. The summed E-state index contributed by atoms with van der Waals surface area (Å²) >= 11 is 0. The lowest BCUT2D eigenvalue weighted by molar-refractivity contribution is -0.150. The van der Waals surface area contributed by atoms with E-state index in [1.54, 1.807) is 7.05 Å². The molecule has 0 aliphatic rings. The maximum absolute atomic E-state index is 10.6. The van der Waals surface area contributed by atoms with Gasteiger partial charge in [0, 0.05) is 13.5 Å². The van der Waals surface area contributed by atoms with E-state index in [2.05, 4.69) is 17.2 Å². The van der Waals surface area contributed by atoms with Gasteiger partial charge in [-0.2, -0.15) is 5.48 Å². The van der Waals surface area contributed by atoms with Crippen molar-refractivity contribution in [2.45, 2.75) is 32.6 Å². The van der Waals surface area contributed by atoms with Gasteiger partial charge >= 0.3 is 5.97 Å². The molecule has 0 aliphatic heterocycles. The molecular weight excluding hydrogens is 166 g/mol. The Kier molecular flexibility index (Phi) is 11.8. The summed E-state index contributed by atoms with van der Waals surface area (Å²) < 4.78 is 0. The molecular formula is C7H16ClNO2. The molecule has 0 aromatic carbocycles. The Morgan fingerprint density at radius 2 is 2.09 bits per heavy atom.